The molecule has 0 fully saturated rings. The van der Waals surface area contributed by atoms with Crippen LogP contribution in [0.1, 0.15) is 37.0 Å². The summed E-state index contributed by atoms with van der Waals surface area (Å²) in [6, 6.07) is 25.5. The van der Waals surface area contributed by atoms with E-state index >= 15 is 0 Å². The van der Waals surface area contributed by atoms with Crippen molar-refractivity contribution in [3.8, 4) is 17.6 Å². The molecule has 0 aromatic heterocycles. The van der Waals surface area contributed by atoms with Crippen LogP contribution in [0, 0.1) is 17.2 Å². The Morgan fingerprint density at radius 2 is 1.57 bits per heavy atom. The number of hydrogen-bond donors (Lipinski definition) is 0. The quantitative estimate of drug-likeness (QED) is 0.401. The van der Waals surface area contributed by atoms with Gasteiger partial charge in [0.25, 0.3) is 0 Å². The van der Waals surface area contributed by atoms with Crippen LogP contribution in [0.15, 0.2) is 78.9 Å². The molecule has 2 atom stereocenters. The highest BCUT2D eigenvalue weighted by Gasteiger charge is 2.29. The van der Waals surface area contributed by atoms with E-state index < -0.39 is 18.0 Å². The lowest BCUT2D eigenvalue weighted by molar-refractivity contribution is -0.150. The molecule has 0 radical (unpaired) electrons. The Morgan fingerprint density at radius 1 is 0.900 bits per heavy atom. The van der Waals surface area contributed by atoms with Crippen molar-refractivity contribution in [3.63, 3.8) is 0 Å². The van der Waals surface area contributed by atoms with Crippen molar-refractivity contribution < 1.29 is 14.3 Å². The summed E-state index contributed by atoms with van der Waals surface area (Å²) in [5.74, 6) is 0.289. The predicted molar refractivity (Wildman–Crippen MR) is 116 cm³/mol. The van der Waals surface area contributed by atoms with Gasteiger partial charge in [-0.25, -0.2) is 0 Å². The molecule has 3 aromatic rings. The van der Waals surface area contributed by atoms with Crippen molar-refractivity contribution in [3.05, 3.63) is 95.0 Å². The lowest BCUT2D eigenvalue weighted by atomic mass is 9.88. The van der Waals surface area contributed by atoms with Gasteiger partial charge in [-0.05, 0) is 47.9 Å². The molecule has 0 amide bonds. The third kappa shape index (κ3) is 5.40. The fourth-order valence-electron chi connectivity index (χ4n) is 3.19. The smallest absolute Gasteiger partial charge is 0.315 e. The first-order valence-corrected chi connectivity index (χ1v) is 10.0. The first kappa shape index (κ1) is 21.4. The first-order valence-electron chi connectivity index (χ1n) is 9.66. The first-order chi connectivity index (χ1) is 14.5. The molecule has 3 rings (SSSR count). The van der Waals surface area contributed by atoms with Crippen molar-refractivity contribution in [1.29, 1.82) is 5.26 Å². The Labute approximate surface area is 181 Å². The molecule has 30 heavy (non-hydrogen) atoms. The summed E-state index contributed by atoms with van der Waals surface area (Å²) in [6.45, 7) is 3.88. The van der Waals surface area contributed by atoms with Crippen LogP contribution in [0.5, 0.6) is 11.5 Å². The van der Waals surface area contributed by atoms with E-state index in [9.17, 15) is 10.1 Å². The fourth-order valence-corrected chi connectivity index (χ4v) is 3.31. The van der Waals surface area contributed by atoms with Gasteiger partial charge in [0.05, 0.1) is 5.92 Å². The molecule has 0 saturated carbocycles. The molecule has 4 nitrogen and oxygen atoms in total. The molecule has 0 spiro atoms. The average Bonchev–Trinajstić information content (AvgIpc) is 2.74. The second-order valence-electron chi connectivity index (χ2n) is 7.21. The van der Waals surface area contributed by atoms with Gasteiger partial charge in [0, 0.05) is 10.6 Å². The number of esters is 1. The zero-order chi connectivity index (χ0) is 21.5. The third-order valence-electron chi connectivity index (χ3n) is 4.64. The number of halogens is 1. The van der Waals surface area contributed by atoms with Crippen LogP contribution < -0.4 is 4.74 Å². The molecule has 5 heteroatoms. The number of hydrogen-bond acceptors (Lipinski definition) is 4. The van der Waals surface area contributed by atoms with Crippen molar-refractivity contribution in [2.45, 2.75) is 25.9 Å². The zero-order valence-electron chi connectivity index (χ0n) is 16.8. The summed E-state index contributed by atoms with van der Waals surface area (Å²) in [7, 11) is 0. The predicted octanol–water partition coefficient (Wildman–Crippen LogP) is 6.68. The molecule has 0 saturated heterocycles. The molecular weight excluding hydrogens is 398 g/mol. The molecular formula is C25H22ClNO3. The SMILES string of the molecule is CC(C)C(C(=O)O[C@@H](C#N)c1cccc(Oc2ccccc2)c1)c1ccc(Cl)cc1. The summed E-state index contributed by atoms with van der Waals surface area (Å²) in [4.78, 5) is 13.0. The summed E-state index contributed by atoms with van der Waals surface area (Å²) in [6.07, 6.45) is -1.04. The summed E-state index contributed by atoms with van der Waals surface area (Å²) >= 11 is 5.96. The standard InChI is InChI=1S/C25H22ClNO3/c1-17(2)24(18-11-13-20(26)14-12-18)25(28)30-23(16-27)19-7-6-10-22(15-19)29-21-8-4-3-5-9-21/h3-15,17,23-24H,1-2H3/t23-,24?/m0/s1. The second-order valence-corrected chi connectivity index (χ2v) is 7.64. The molecule has 0 aliphatic carbocycles. The Hall–Kier alpha value is -3.29. The highest BCUT2D eigenvalue weighted by molar-refractivity contribution is 6.30. The minimum Gasteiger partial charge on any atom is -0.457 e. The van der Waals surface area contributed by atoms with Crippen molar-refractivity contribution in [2.24, 2.45) is 5.92 Å². The zero-order valence-corrected chi connectivity index (χ0v) is 17.5. The highest BCUT2D eigenvalue weighted by atomic mass is 35.5. The Morgan fingerprint density at radius 3 is 2.20 bits per heavy atom. The summed E-state index contributed by atoms with van der Waals surface area (Å²) in [5.41, 5.74) is 1.36. The number of ether oxygens (including phenoxy) is 2. The highest BCUT2D eigenvalue weighted by Crippen LogP contribution is 2.31. The van der Waals surface area contributed by atoms with Gasteiger partial charge >= 0.3 is 5.97 Å². The number of nitrogens with zero attached hydrogens (tertiary/aromatic N) is 1. The minimum atomic E-state index is -1.04. The van der Waals surface area contributed by atoms with E-state index in [-0.39, 0.29) is 5.92 Å². The molecule has 0 heterocycles. The van der Waals surface area contributed by atoms with Gasteiger partial charge in [-0.15, -0.1) is 0 Å². The van der Waals surface area contributed by atoms with Gasteiger partial charge < -0.3 is 9.47 Å². The number of rotatable bonds is 7. The topological polar surface area (TPSA) is 59.3 Å². The van der Waals surface area contributed by atoms with E-state index in [1.54, 1.807) is 36.4 Å². The van der Waals surface area contributed by atoms with Crippen LogP contribution in [-0.4, -0.2) is 5.97 Å². The largest absolute Gasteiger partial charge is 0.457 e. The van der Waals surface area contributed by atoms with Crippen LogP contribution in [0.2, 0.25) is 5.02 Å². The van der Waals surface area contributed by atoms with Crippen molar-refractivity contribution in [2.75, 3.05) is 0 Å². The molecule has 0 aliphatic rings. The lowest BCUT2D eigenvalue weighted by Gasteiger charge is -2.22. The van der Waals surface area contributed by atoms with Crippen molar-refractivity contribution >= 4 is 17.6 Å². The van der Waals surface area contributed by atoms with Crippen LogP contribution >= 0.6 is 11.6 Å². The number of carbonyl (C=O) groups excluding carboxylic acids is 1. The number of benzene rings is 3. The fraction of sp³-hybridized carbons (Fsp3) is 0.200. The Kier molecular flexibility index (Phi) is 7.11. The maximum absolute atomic E-state index is 13.0. The van der Waals surface area contributed by atoms with Crippen molar-refractivity contribution in [1.82, 2.24) is 0 Å². The molecule has 1 unspecified atom stereocenters. The maximum atomic E-state index is 13.0. The Balaban J connectivity index is 1.78. The molecule has 0 bridgehead atoms. The minimum absolute atomic E-state index is 0.00855. The van der Waals surface area contributed by atoms with Gasteiger partial charge in [0.15, 0.2) is 0 Å². The van der Waals surface area contributed by atoms with E-state index in [0.717, 1.165) is 5.56 Å². The van der Waals surface area contributed by atoms with Crippen LogP contribution in [-0.2, 0) is 9.53 Å². The van der Waals surface area contributed by atoms with Gasteiger partial charge in [-0.2, -0.15) is 5.26 Å². The second kappa shape index (κ2) is 9.96. The number of nitriles is 1. The van der Waals surface area contributed by atoms with Gasteiger partial charge in [0.1, 0.15) is 17.6 Å². The average molecular weight is 420 g/mol. The monoisotopic (exact) mass is 419 g/mol. The van der Waals surface area contributed by atoms with Crippen LogP contribution in [0.3, 0.4) is 0 Å². The van der Waals surface area contributed by atoms with E-state index in [2.05, 4.69) is 6.07 Å². The lowest BCUT2D eigenvalue weighted by Crippen LogP contribution is -2.22. The van der Waals surface area contributed by atoms with E-state index in [0.29, 0.717) is 22.1 Å². The van der Waals surface area contributed by atoms with Crippen LogP contribution in [0.4, 0.5) is 0 Å². The van der Waals surface area contributed by atoms with Crippen LogP contribution in [0.25, 0.3) is 0 Å². The number of para-hydroxylation sites is 1. The summed E-state index contributed by atoms with van der Waals surface area (Å²) < 4.78 is 11.4. The van der Waals surface area contributed by atoms with Gasteiger partial charge in [-0.3, -0.25) is 4.79 Å². The molecule has 3 aromatic carbocycles. The molecule has 0 N–H and O–H groups in total. The van der Waals surface area contributed by atoms with E-state index in [1.165, 1.54) is 0 Å². The Bertz CT molecular complexity index is 1030. The van der Waals surface area contributed by atoms with Gasteiger partial charge in [0.2, 0.25) is 6.10 Å². The summed E-state index contributed by atoms with van der Waals surface area (Å²) in [5, 5.41) is 10.2. The van der Waals surface area contributed by atoms with E-state index in [4.69, 9.17) is 21.1 Å². The van der Waals surface area contributed by atoms with Gasteiger partial charge in [-0.1, -0.05) is 67.9 Å². The molecule has 0 aliphatic heterocycles. The normalized spacial score (nSPS) is 12.6. The third-order valence-corrected chi connectivity index (χ3v) is 4.89. The number of carbonyl (C=O) groups is 1. The molecule has 152 valence electrons. The maximum Gasteiger partial charge on any atom is 0.315 e. The van der Waals surface area contributed by atoms with E-state index in [1.807, 2.05) is 56.3 Å².